The maximum Gasteiger partial charge on any atom is 0.203 e. The van der Waals surface area contributed by atoms with Gasteiger partial charge in [-0.3, -0.25) is 5.43 Å². The molecule has 0 atom stereocenters. The molecule has 0 saturated heterocycles. The minimum Gasteiger partial charge on any atom is -0.507 e. The van der Waals surface area contributed by atoms with Crippen LogP contribution in [0.3, 0.4) is 0 Å². The number of halogens is 1. The Labute approximate surface area is 130 Å². The Morgan fingerprint density at radius 1 is 1.40 bits per heavy atom. The standard InChI is InChI=1S/C14H16BrN3OS/c1-14(2,3)12-8-20-13(17-12)18-16-7-9-6-10(15)4-5-11(9)19/h4-8,19H,1-3H3,(H,17,18)/b16-7+. The van der Waals surface area contributed by atoms with Gasteiger partial charge in [-0.05, 0) is 18.2 Å². The first-order valence-corrected chi connectivity index (χ1v) is 7.77. The summed E-state index contributed by atoms with van der Waals surface area (Å²) in [5.41, 5.74) is 4.58. The summed E-state index contributed by atoms with van der Waals surface area (Å²) in [5, 5.41) is 16.6. The fraction of sp³-hybridized carbons (Fsp3) is 0.286. The molecule has 0 spiro atoms. The Balaban J connectivity index is 2.07. The molecule has 0 fully saturated rings. The van der Waals surface area contributed by atoms with E-state index in [-0.39, 0.29) is 11.2 Å². The maximum absolute atomic E-state index is 9.69. The van der Waals surface area contributed by atoms with E-state index in [1.807, 2.05) is 5.38 Å². The molecule has 0 bridgehead atoms. The van der Waals surface area contributed by atoms with Crippen molar-refractivity contribution in [3.63, 3.8) is 0 Å². The van der Waals surface area contributed by atoms with Crippen molar-refractivity contribution in [1.29, 1.82) is 0 Å². The zero-order valence-corrected chi connectivity index (χ0v) is 13.9. The third-order valence-electron chi connectivity index (χ3n) is 2.63. The number of phenols is 1. The lowest BCUT2D eigenvalue weighted by atomic mass is 9.93. The molecule has 0 saturated carbocycles. The molecule has 1 heterocycles. The van der Waals surface area contributed by atoms with E-state index in [0.29, 0.717) is 5.56 Å². The van der Waals surface area contributed by atoms with Gasteiger partial charge < -0.3 is 5.11 Å². The second-order valence-electron chi connectivity index (χ2n) is 5.36. The first-order chi connectivity index (χ1) is 9.36. The molecule has 1 aromatic carbocycles. The van der Waals surface area contributed by atoms with Crippen LogP contribution in [-0.2, 0) is 5.41 Å². The Bertz CT molecular complexity index is 632. The van der Waals surface area contributed by atoms with Crippen molar-refractivity contribution >= 4 is 38.6 Å². The van der Waals surface area contributed by atoms with Crippen molar-refractivity contribution in [1.82, 2.24) is 4.98 Å². The summed E-state index contributed by atoms with van der Waals surface area (Å²) in [7, 11) is 0. The Morgan fingerprint density at radius 2 is 2.15 bits per heavy atom. The van der Waals surface area contributed by atoms with Crippen molar-refractivity contribution in [3.8, 4) is 5.75 Å². The monoisotopic (exact) mass is 353 g/mol. The quantitative estimate of drug-likeness (QED) is 0.636. The third kappa shape index (κ3) is 3.80. The largest absolute Gasteiger partial charge is 0.507 e. The van der Waals surface area contributed by atoms with Crippen molar-refractivity contribution in [3.05, 3.63) is 39.3 Å². The normalized spacial score (nSPS) is 12.0. The number of hydrazone groups is 1. The van der Waals surface area contributed by atoms with Crippen LogP contribution in [-0.4, -0.2) is 16.3 Å². The van der Waals surface area contributed by atoms with Crippen LogP contribution in [0.15, 0.2) is 33.2 Å². The number of nitrogens with one attached hydrogen (secondary N) is 1. The van der Waals surface area contributed by atoms with Crippen molar-refractivity contribution in [2.24, 2.45) is 5.10 Å². The molecule has 6 heteroatoms. The average molecular weight is 354 g/mol. The van der Waals surface area contributed by atoms with E-state index in [9.17, 15) is 5.11 Å². The van der Waals surface area contributed by atoms with E-state index in [2.05, 4.69) is 52.2 Å². The average Bonchev–Trinajstić information content (AvgIpc) is 2.82. The van der Waals surface area contributed by atoms with E-state index in [1.54, 1.807) is 24.4 Å². The highest BCUT2D eigenvalue weighted by molar-refractivity contribution is 9.10. The number of aromatic hydroxyl groups is 1. The molecule has 0 radical (unpaired) electrons. The lowest BCUT2D eigenvalue weighted by molar-refractivity contribution is 0.474. The maximum atomic E-state index is 9.69. The van der Waals surface area contributed by atoms with Crippen LogP contribution in [0.25, 0.3) is 0 Å². The lowest BCUT2D eigenvalue weighted by Gasteiger charge is -2.13. The van der Waals surface area contributed by atoms with Gasteiger partial charge >= 0.3 is 0 Å². The SMILES string of the molecule is CC(C)(C)c1csc(N/N=C/c2cc(Br)ccc2O)n1. The Hall–Kier alpha value is -1.40. The molecule has 0 amide bonds. The smallest absolute Gasteiger partial charge is 0.203 e. The lowest BCUT2D eigenvalue weighted by Crippen LogP contribution is -2.11. The third-order valence-corrected chi connectivity index (χ3v) is 3.87. The number of nitrogens with zero attached hydrogens (tertiary/aromatic N) is 2. The predicted octanol–water partition coefficient (Wildman–Crippen LogP) is 4.35. The predicted molar refractivity (Wildman–Crippen MR) is 87.8 cm³/mol. The highest BCUT2D eigenvalue weighted by Gasteiger charge is 2.17. The Morgan fingerprint density at radius 3 is 2.80 bits per heavy atom. The molecule has 1 aromatic heterocycles. The van der Waals surface area contributed by atoms with Crippen LogP contribution < -0.4 is 5.43 Å². The molecular weight excluding hydrogens is 338 g/mol. The molecule has 2 N–H and O–H groups in total. The molecule has 4 nitrogen and oxygen atoms in total. The molecule has 0 unspecified atom stereocenters. The van der Waals surface area contributed by atoms with E-state index in [1.165, 1.54) is 11.3 Å². The molecule has 0 aliphatic rings. The topological polar surface area (TPSA) is 57.5 Å². The second kappa shape index (κ2) is 5.93. The molecule has 0 aliphatic carbocycles. The van der Waals surface area contributed by atoms with Crippen LogP contribution in [0, 0.1) is 0 Å². The van der Waals surface area contributed by atoms with E-state index >= 15 is 0 Å². The van der Waals surface area contributed by atoms with E-state index < -0.39 is 0 Å². The van der Waals surface area contributed by atoms with Gasteiger partial charge in [0.1, 0.15) is 5.75 Å². The van der Waals surface area contributed by atoms with Crippen molar-refractivity contribution in [2.75, 3.05) is 5.43 Å². The molecular formula is C14H16BrN3OS. The van der Waals surface area contributed by atoms with Crippen LogP contribution in [0.1, 0.15) is 32.0 Å². The number of aromatic nitrogens is 1. The van der Waals surface area contributed by atoms with Gasteiger partial charge in [0.15, 0.2) is 0 Å². The van der Waals surface area contributed by atoms with Gasteiger partial charge in [0.25, 0.3) is 0 Å². The van der Waals surface area contributed by atoms with Crippen LogP contribution in [0.5, 0.6) is 5.75 Å². The van der Waals surface area contributed by atoms with Crippen molar-refractivity contribution in [2.45, 2.75) is 26.2 Å². The number of hydrogen-bond acceptors (Lipinski definition) is 5. The summed E-state index contributed by atoms with van der Waals surface area (Å²) in [4.78, 5) is 4.47. The molecule has 20 heavy (non-hydrogen) atoms. The highest BCUT2D eigenvalue weighted by Crippen LogP contribution is 2.26. The number of anilines is 1. The molecule has 2 rings (SSSR count). The van der Waals surface area contributed by atoms with Gasteiger partial charge in [-0.1, -0.05) is 36.7 Å². The van der Waals surface area contributed by atoms with Crippen LogP contribution in [0.4, 0.5) is 5.13 Å². The van der Waals surface area contributed by atoms with Gasteiger partial charge in [0.2, 0.25) is 5.13 Å². The summed E-state index contributed by atoms with van der Waals surface area (Å²) in [5.74, 6) is 0.188. The summed E-state index contributed by atoms with van der Waals surface area (Å²) in [6, 6.07) is 5.19. The minimum atomic E-state index is 0.0305. The number of thiazole rings is 1. The molecule has 2 aromatic rings. The van der Waals surface area contributed by atoms with Crippen molar-refractivity contribution < 1.29 is 5.11 Å². The van der Waals surface area contributed by atoms with Gasteiger partial charge in [0, 0.05) is 20.8 Å². The first-order valence-electron chi connectivity index (χ1n) is 6.10. The fourth-order valence-corrected chi connectivity index (χ4v) is 2.72. The zero-order chi connectivity index (χ0) is 14.8. The van der Waals surface area contributed by atoms with E-state index in [4.69, 9.17) is 0 Å². The Kier molecular flexibility index (Phi) is 4.45. The summed E-state index contributed by atoms with van der Waals surface area (Å²) < 4.78 is 0.890. The number of hydrogen-bond donors (Lipinski definition) is 2. The second-order valence-corrected chi connectivity index (χ2v) is 7.13. The van der Waals surface area contributed by atoms with Gasteiger partial charge in [0.05, 0.1) is 11.9 Å². The number of benzene rings is 1. The van der Waals surface area contributed by atoms with Gasteiger partial charge in [-0.25, -0.2) is 4.98 Å². The zero-order valence-electron chi connectivity index (χ0n) is 11.5. The summed E-state index contributed by atoms with van der Waals surface area (Å²) in [6.45, 7) is 6.36. The van der Waals surface area contributed by atoms with E-state index in [0.717, 1.165) is 15.3 Å². The molecule has 0 aliphatic heterocycles. The number of rotatable bonds is 3. The summed E-state index contributed by atoms with van der Waals surface area (Å²) >= 11 is 4.87. The highest BCUT2D eigenvalue weighted by atomic mass is 79.9. The van der Waals surface area contributed by atoms with Crippen LogP contribution >= 0.6 is 27.3 Å². The molecule has 106 valence electrons. The minimum absolute atomic E-state index is 0.0305. The van der Waals surface area contributed by atoms with Crippen LogP contribution in [0.2, 0.25) is 0 Å². The van der Waals surface area contributed by atoms with Gasteiger partial charge in [-0.2, -0.15) is 5.10 Å². The van der Waals surface area contributed by atoms with Gasteiger partial charge in [-0.15, -0.1) is 11.3 Å². The summed E-state index contributed by atoms with van der Waals surface area (Å²) in [6.07, 6.45) is 1.57. The fourth-order valence-electron chi connectivity index (χ4n) is 1.46. The number of phenolic OH excluding ortho intramolecular Hbond substituents is 1. The first kappa shape index (κ1) is 15.0.